The van der Waals surface area contributed by atoms with Gasteiger partial charge in [-0.25, -0.2) is 0 Å². The van der Waals surface area contributed by atoms with E-state index in [1.54, 1.807) is 0 Å². The molecule has 3 saturated heterocycles. The molecule has 2 unspecified atom stereocenters. The number of likely N-dealkylation sites (N-methyl/N-ethyl adjacent to an activating group) is 1. The van der Waals surface area contributed by atoms with Gasteiger partial charge >= 0.3 is 0 Å². The third kappa shape index (κ3) is 12.7. The van der Waals surface area contributed by atoms with Crippen LogP contribution in [0.2, 0.25) is 0 Å². The fourth-order valence-electron chi connectivity index (χ4n) is 11.6. The van der Waals surface area contributed by atoms with Crippen molar-refractivity contribution in [1.29, 1.82) is 0 Å². The maximum absolute atomic E-state index is 2.63. The lowest BCUT2D eigenvalue weighted by Crippen LogP contribution is -2.47. The summed E-state index contributed by atoms with van der Waals surface area (Å²) < 4.78 is 0. The summed E-state index contributed by atoms with van der Waals surface area (Å²) in [6, 6.07) is 67.6. The molecule has 7 aromatic rings. The molecule has 0 bridgehead atoms. The van der Waals surface area contributed by atoms with E-state index in [0.29, 0.717) is 12.1 Å². The lowest BCUT2D eigenvalue weighted by Gasteiger charge is -2.41. The number of benzene rings is 7. The number of rotatable bonds is 10. The predicted octanol–water partition coefficient (Wildman–Crippen LogP) is 14.1. The lowest BCUT2D eigenvalue weighted by atomic mass is 9.96. The van der Waals surface area contributed by atoms with Crippen molar-refractivity contribution < 1.29 is 0 Å². The van der Waals surface area contributed by atoms with Gasteiger partial charge in [0.1, 0.15) is 0 Å². The van der Waals surface area contributed by atoms with Gasteiger partial charge in [-0.15, -0.1) is 11.8 Å². The Hall–Kier alpha value is -5.58. The molecule has 12 rings (SSSR count). The van der Waals surface area contributed by atoms with Crippen molar-refractivity contribution in [3.63, 3.8) is 0 Å². The van der Waals surface area contributed by atoms with Gasteiger partial charge in [0, 0.05) is 85.3 Å². The maximum Gasteiger partial charge on any atom is 0.0672 e. The van der Waals surface area contributed by atoms with Crippen molar-refractivity contribution in [2.75, 3.05) is 95.6 Å². The number of likely N-dealkylation sites (tertiary alicyclic amines) is 1. The molecule has 5 aliphatic rings. The minimum Gasteiger partial charge on any atom is -0.362 e. The highest BCUT2D eigenvalue weighted by molar-refractivity contribution is 8.00. The minimum absolute atomic E-state index is 0.337. The summed E-state index contributed by atoms with van der Waals surface area (Å²) in [7, 11) is 4.53. The number of piperazine rings is 2. The average Bonchev–Trinajstić information content (AvgIpc) is 3.58. The molecule has 0 saturated carbocycles. The van der Waals surface area contributed by atoms with E-state index >= 15 is 0 Å². The highest BCUT2D eigenvalue weighted by Gasteiger charge is 2.32. The summed E-state index contributed by atoms with van der Waals surface area (Å²) in [4.78, 5) is 19.5. The second-order valence-corrected chi connectivity index (χ2v) is 22.3. The van der Waals surface area contributed by atoms with Crippen LogP contribution in [-0.2, 0) is 6.42 Å². The zero-order valence-electron chi connectivity index (χ0n) is 43.3. The van der Waals surface area contributed by atoms with E-state index in [2.05, 4.69) is 244 Å². The minimum atomic E-state index is 0.337. The second-order valence-electron chi connectivity index (χ2n) is 20.3. The maximum atomic E-state index is 2.63. The van der Waals surface area contributed by atoms with Crippen molar-refractivity contribution in [1.82, 2.24) is 19.6 Å². The fraction of sp³-hybridized carbons (Fsp3) is 0.323. The molecule has 0 aliphatic carbocycles. The van der Waals surface area contributed by atoms with E-state index in [1.807, 2.05) is 23.5 Å². The SMILES string of the molecule is C(=C\c1ccccc1)/CN1CCN(C(c2ccccc2)c2ccccc2)CC1.CN1CCN2c3ccccc3Cc3ccccc3C2C1.CSc1ccc2c(c1)N(CCC1CCCCN1C)c1ccccc1S2. The Bertz CT molecular complexity index is 2810. The highest BCUT2D eigenvalue weighted by Crippen LogP contribution is 2.49. The lowest BCUT2D eigenvalue weighted by molar-refractivity contribution is 0.118. The molecule has 0 aromatic heterocycles. The van der Waals surface area contributed by atoms with Crippen molar-refractivity contribution in [3.05, 3.63) is 221 Å². The Morgan fingerprint density at radius 1 is 0.603 bits per heavy atom. The van der Waals surface area contributed by atoms with E-state index < -0.39 is 0 Å². The van der Waals surface area contributed by atoms with Crippen molar-refractivity contribution in [3.8, 4) is 0 Å². The molecule has 376 valence electrons. The zero-order valence-corrected chi connectivity index (χ0v) is 44.9. The van der Waals surface area contributed by atoms with Crippen LogP contribution in [0.4, 0.5) is 17.1 Å². The summed E-state index contributed by atoms with van der Waals surface area (Å²) in [5.74, 6) is 0. The van der Waals surface area contributed by atoms with Gasteiger partial charge in [0.15, 0.2) is 0 Å². The van der Waals surface area contributed by atoms with E-state index in [4.69, 9.17) is 0 Å². The molecule has 6 nitrogen and oxygen atoms in total. The third-order valence-electron chi connectivity index (χ3n) is 15.6. The van der Waals surface area contributed by atoms with Crippen LogP contribution >= 0.6 is 23.5 Å². The summed E-state index contributed by atoms with van der Waals surface area (Å²) in [6.07, 6.45) is 13.1. The van der Waals surface area contributed by atoms with Crippen LogP contribution in [0.3, 0.4) is 0 Å². The van der Waals surface area contributed by atoms with Crippen LogP contribution in [0.15, 0.2) is 203 Å². The Morgan fingerprint density at radius 3 is 1.97 bits per heavy atom. The molecule has 5 heterocycles. The Morgan fingerprint density at radius 2 is 1.25 bits per heavy atom. The summed E-state index contributed by atoms with van der Waals surface area (Å²) in [5, 5.41) is 0. The quantitative estimate of drug-likeness (QED) is 0.125. The zero-order chi connectivity index (χ0) is 49.8. The summed E-state index contributed by atoms with van der Waals surface area (Å²) >= 11 is 3.73. The van der Waals surface area contributed by atoms with Crippen LogP contribution in [0.5, 0.6) is 0 Å². The monoisotopic (exact) mass is 1000 g/mol. The second kappa shape index (κ2) is 25.1. The van der Waals surface area contributed by atoms with Gasteiger partial charge in [-0.2, -0.15) is 0 Å². The Labute approximate surface area is 445 Å². The molecule has 5 aliphatic heterocycles. The van der Waals surface area contributed by atoms with Gasteiger partial charge in [0.2, 0.25) is 0 Å². The molecular weight excluding hydrogens is 929 g/mol. The smallest absolute Gasteiger partial charge is 0.0672 e. The molecule has 7 aromatic carbocycles. The van der Waals surface area contributed by atoms with Crippen LogP contribution in [0.25, 0.3) is 6.08 Å². The first-order valence-electron chi connectivity index (χ1n) is 26.8. The summed E-state index contributed by atoms with van der Waals surface area (Å²) in [6.45, 7) is 11.1. The summed E-state index contributed by atoms with van der Waals surface area (Å²) in [5.41, 5.74) is 12.7. The number of fused-ring (bicyclic) bond motifs is 7. The van der Waals surface area contributed by atoms with E-state index in [0.717, 1.165) is 71.4 Å². The molecule has 2 atom stereocenters. The van der Waals surface area contributed by atoms with Crippen LogP contribution in [0, 0.1) is 0 Å². The van der Waals surface area contributed by atoms with Gasteiger partial charge in [-0.1, -0.05) is 176 Å². The van der Waals surface area contributed by atoms with Gasteiger partial charge in [-0.05, 0) is 122 Å². The van der Waals surface area contributed by atoms with Crippen LogP contribution < -0.4 is 9.80 Å². The number of piperidine rings is 1. The molecular formula is C65H74N6S2. The van der Waals surface area contributed by atoms with Crippen molar-refractivity contribution in [2.24, 2.45) is 0 Å². The number of nitrogens with zero attached hydrogens (tertiary/aromatic N) is 6. The van der Waals surface area contributed by atoms with Crippen LogP contribution in [0.1, 0.15) is 71.1 Å². The normalized spacial score (nSPS) is 19.0. The first-order chi connectivity index (χ1) is 36.0. The predicted molar refractivity (Wildman–Crippen MR) is 312 cm³/mol. The Balaban J connectivity index is 0.000000127. The number of anilines is 3. The third-order valence-corrected chi connectivity index (χ3v) is 17.5. The number of thioether (sulfide) groups is 1. The van der Waals surface area contributed by atoms with Crippen molar-refractivity contribution >= 4 is 46.7 Å². The first kappa shape index (κ1) is 50.9. The fourth-order valence-corrected chi connectivity index (χ4v) is 13.1. The van der Waals surface area contributed by atoms with Gasteiger partial charge in [-0.3, -0.25) is 9.80 Å². The Kier molecular flexibility index (Phi) is 17.5. The number of para-hydroxylation sites is 2. The van der Waals surface area contributed by atoms with E-state index in [9.17, 15) is 0 Å². The molecule has 0 radical (unpaired) electrons. The van der Waals surface area contributed by atoms with E-state index in [1.165, 1.54) is 97.4 Å². The molecule has 3 fully saturated rings. The number of hydrogen-bond acceptors (Lipinski definition) is 8. The molecule has 0 N–H and O–H groups in total. The van der Waals surface area contributed by atoms with Gasteiger partial charge in [0.25, 0.3) is 0 Å². The van der Waals surface area contributed by atoms with Crippen LogP contribution in [-0.4, -0.2) is 111 Å². The molecule has 0 spiro atoms. The van der Waals surface area contributed by atoms with Gasteiger partial charge < -0.3 is 19.6 Å². The first-order valence-corrected chi connectivity index (χ1v) is 28.8. The topological polar surface area (TPSA) is 19.4 Å². The van der Waals surface area contributed by atoms with E-state index in [-0.39, 0.29) is 0 Å². The average molecular weight is 1000 g/mol. The molecule has 0 amide bonds. The molecule has 73 heavy (non-hydrogen) atoms. The largest absolute Gasteiger partial charge is 0.362 e. The molecule has 8 heteroatoms. The number of hydrogen-bond donors (Lipinski definition) is 0. The standard InChI is InChI=1S/C26H28N2.C21H26N2S2.C18H20N2/c1-4-11-23(12-5-1)13-10-18-27-19-21-28(22-20-27)26(24-14-6-2-7-15-24)25-16-8-3-9-17-25;1-22-13-6-5-7-16(22)12-14-23-18-8-3-4-9-20(18)25-21-11-10-17(24-2)15-19(21)23;1-19-10-11-20-17-9-5-3-7-15(17)12-14-6-2-4-8-16(14)18(20)13-19/h1-17,26H,18-22H2;3-4,8-11,15-16H,5-7,12-14H2,1-2H3;2-9,18H,10-13H2,1H3/b13-10+;;. The highest BCUT2D eigenvalue weighted by atomic mass is 32.2. The van der Waals surface area contributed by atoms with Crippen molar-refractivity contribution in [2.45, 2.75) is 64.9 Å². The van der Waals surface area contributed by atoms with Gasteiger partial charge in [0.05, 0.1) is 23.5 Å².